The molecule has 98 valence electrons. The van der Waals surface area contributed by atoms with Crippen molar-refractivity contribution >= 4 is 33.3 Å². The zero-order valence-corrected chi connectivity index (χ0v) is 12.5. The Bertz CT molecular complexity index is 441. The van der Waals surface area contributed by atoms with E-state index in [-0.39, 0.29) is 0 Å². The fourth-order valence-corrected chi connectivity index (χ4v) is 3.84. The molecule has 0 spiro atoms. The lowest BCUT2D eigenvalue weighted by Crippen LogP contribution is -2.53. The summed E-state index contributed by atoms with van der Waals surface area (Å²) in [6.07, 6.45) is 7.02. The summed E-state index contributed by atoms with van der Waals surface area (Å²) in [4.78, 5) is 6.87. The monoisotopic (exact) mass is 330 g/mol. The van der Waals surface area contributed by atoms with Crippen molar-refractivity contribution in [3.05, 3.63) is 21.8 Å². The highest BCUT2D eigenvalue weighted by atomic mass is 79.9. The number of nitrogens with zero attached hydrogens (tertiary/aromatic N) is 2. The lowest BCUT2D eigenvalue weighted by Gasteiger charge is -2.44. The fraction of sp³-hybridized carbons (Fsp3) is 0.615. The van der Waals surface area contributed by atoms with Crippen LogP contribution < -0.4 is 4.90 Å². The predicted octanol–water partition coefficient (Wildman–Crippen LogP) is 3.65. The van der Waals surface area contributed by atoms with Crippen LogP contribution in [0.5, 0.6) is 0 Å². The van der Waals surface area contributed by atoms with E-state index in [0.717, 1.165) is 23.4 Å². The van der Waals surface area contributed by atoms with Crippen LogP contribution >= 0.6 is 27.5 Å². The van der Waals surface area contributed by atoms with Gasteiger partial charge in [-0.05, 0) is 34.8 Å². The van der Waals surface area contributed by atoms with Gasteiger partial charge in [0.15, 0.2) is 0 Å². The first-order valence-corrected chi connectivity index (χ1v) is 7.62. The maximum atomic E-state index is 5.96. The molecule has 1 aromatic heterocycles. The SMILES string of the molecule is Clc1cnc(N2CCOC3CCCCC32)c(Br)c1. The number of hydrogen-bond donors (Lipinski definition) is 0. The quantitative estimate of drug-likeness (QED) is 0.785. The van der Waals surface area contributed by atoms with E-state index in [9.17, 15) is 0 Å². The number of rotatable bonds is 1. The Hall–Kier alpha value is -0.320. The summed E-state index contributed by atoms with van der Waals surface area (Å²) in [5.74, 6) is 1.000. The van der Waals surface area contributed by atoms with E-state index in [0.29, 0.717) is 17.2 Å². The predicted molar refractivity (Wildman–Crippen MR) is 76.3 cm³/mol. The zero-order valence-electron chi connectivity index (χ0n) is 10.1. The highest BCUT2D eigenvalue weighted by Crippen LogP contribution is 2.35. The third kappa shape index (κ3) is 2.38. The maximum Gasteiger partial charge on any atom is 0.143 e. The first kappa shape index (κ1) is 12.7. The minimum Gasteiger partial charge on any atom is -0.374 e. The van der Waals surface area contributed by atoms with Crippen LogP contribution in [-0.4, -0.2) is 30.3 Å². The molecule has 2 unspecified atom stereocenters. The smallest absolute Gasteiger partial charge is 0.143 e. The molecule has 0 bridgehead atoms. The van der Waals surface area contributed by atoms with Crippen LogP contribution in [0, 0.1) is 0 Å². The second kappa shape index (κ2) is 5.35. The van der Waals surface area contributed by atoms with Crippen molar-refractivity contribution in [2.45, 2.75) is 37.8 Å². The Morgan fingerprint density at radius 1 is 1.39 bits per heavy atom. The Morgan fingerprint density at radius 2 is 2.22 bits per heavy atom. The van der Waals surface area contributed by atoms with Gasteiger partial charge in [-0.2, -0.15) is 0 Å². The molecule has 3 nitrogen and oxygen atoms in total. The second-order valence-electron chi connectivity index (χ2n) is 4.91. The summed E-state index contributed by atoms with van der Waals surface area (Å²) in [6, 6.07) is 2.38. The Balaban J connectivity index is 1.89. The van der Waals surface area contributed by atoms with Crippen LogP contribution in [0.4, 0.5) is 5.82 Å². The molecule has 18 heavy (non-hydrogen) atoms. The van der Waals surface area contributed by atoms with Gasteiger partial charge in [-0.1, -0.05) is 24.4 Å². The first-order chi connectivity index (χ1) is 8.75. The first-order valence-electron chi connectivity index (χ1n) is 6.45. The van der Waals surface area contributed by atoms with E-state index >= 15 is 0 Å². The van der Waals surface area contributed by atoms with Crippen molar-refractivity contribution in [3.8, 4) is 0 Å². The van der Waals surface area contributed by atoms with Crippen molar-refractivity contribution in [3.63, 3.8) is 0 Å². The molecule has 2 aliphatic rings. The van der Waals surface area contributed by atoms with Gasteiger partial charge in [0.2, 0.25) is 0 Å². The highest BCUT2D eigenvalue weighted by Gasteiger charge is 2.35. The van der Waals surface area contributed by atoms with E-state index in [4.69, 9.17) is 16.3 Å². The number of ether oxygens (including phenoxy) is 1. The van der Waals surface area contributed by atoms with Crippen molar-refractivity contribution in [2.24, 2.45) is 0 Å². The standard InChI is InChI=1S/C13H16BrClN2O/c14-10-7-9(15)8-16-13(10)17-5-6-18-12-4-2-1-3-11(12)17/h7-8,11-12H,1-6H2. The van der Waals surface area contributed by atoms with Crippen LogP contribution in [0.3, 0.4) is 0 Å². The Labute approximate surface area is 121 Å². The molecule has 0 N–H and O–H groups in total. The third-order valence-electron chi connectivity index (χ3n) is 3.79. The average Bonchev–Trinajstić information content (AvgIpc) is 2.38. The van der Waals surface area contributed by atoms with Gasteiger partial charge in [-0.3, -0.25) is 0 Å². The van der Waals surface area contributed by atoms with E-state index in [1.165, 1.54) is 25.7 Å². The molecule has 2 atom stereocenters. The van der Waals surface area contributed by atoms with E-state index in [1.807, 2.05) is 6.07 Å². The number of morpholine rings is 1. The fourth-order valence-electron chi connectivity index (χ4n) is 2.98. The number of fused-ring (bicyclic) bond motifs is 1. The molecule has 3 rings (SSSR count). The van der Waals surface area contributed by atoms with E-state index < -0.39 is 0 Å². The molecule has 1 aliphatic heterocycles. The summed E-state index contributed by atoms with van der Waals surface area (Å²) in [5, 5.41) is 0.666. The van der Waals surface area contributed by atoms with Gasteiger partial charge in [0.05, 0.1) is 28.2 Å². The van der Waals surface area contributed by atoms with Crippen LogP contribution in [0.1, 0.15) is 25.7 Å². The van der Waals surface area contributed by atoms with E-state index in [1.54, 1.807) is 6.20 Å². The van der Waals surface area contributed by atoms with Crippen molar-refractivity contribution in [1.82, 2.24) is 4.98 Å². The number of pyridine rings is 1. The van der Waals surface area contributed by atoms with Crippen molar-refractivity contribution < 1.29 is 4.74 Å². The number of anilines is 1. The minimum absolute atomic E-state index is 0.372. The van der Waals surface area contributed by atoms with Crippen LogP contribution in [-0.2, 0) is 4.74 Å². The van der Waals surface area contributed by atoms with Gasteiger partial charge in [-0.15, -0.1) is 0 Å². The topological polar surface area (TPSA) is 25.4 Å². The average molecular weight is 332 g/mol. The second-order valence-corrected chi connectivity index (χ2v) is 6.20. The Morgan fingerprint density at radius 3 is 3.06 bits per heavy atom. The van der Waals surface area contributed by atoms with Crippen molar-refractivity contribution in [2.75, 3.05) is 18.1 Å². The molecule has 2 heterocycles. The number of hydrogen-bond acceptors (Lipinski definition) is 3. The summed E-state index contributed by atoms with van der Waals surface area (Å²) in [5.41, 5.74) is 0. The largest absolute Gasteiger partial charge is 0.374 e. The summed E-state index contributed by atoms with van der Waals surface area (Å²) < 4.78 is 6.86. The van der Waals surface area contributed by atoms with Crippen LogP contribution in [0.2, 0.25) is 5.02 Å². The molecule has 5 heteroatoms. The summed E-state index contributed by atoms with van der Waals surface area (Å²) >= 11 is 9.53. The van der Waals surface area contributed by atoms with Gasteiger partial charge in [0.1, 0.15) is 5.82 Å². The molecule has 0 radical (unpaired) electrons. The van der Waals surface area contributed by atoms with E-state index in [2.05, 4.69) is 25.8 Å². The zero-order chi connectivity index (χ0) is 12.5. The molecule has 0 amide bonds. The summed E-state index contributed by atoms with van der Waals surface area (Å²) in [6.45, 7) is 1.70. The Kier molecular flexibility index (Phi) is 3.78. The molecule has 1 aliphatic carbocycles. The van der Waals surface area contributed by atoms with Gasteiger partial charge in [-0.25, -0.2) is 4.98 Å². The molecule has 1 saturated carbocycles. The van der Waals surface area contributed by atoms with Crippen molar-refractivity contribution in [1.29, 1.82) is 0 Å². The maximum absolute atomic E-state index is 5.96. The van der Waals surface area contributed by atoms with Gasteiger partial charge < -0.3 is 9.64 Å². The molecule has 1 aromatic rings. The number of halogens is 2. The van der Waals surface area contributed by atoms with Gasteiger partial charge in [0, 0.05) is 12.7 Å². The highest BCUT2D eigenvalue weighted by molar-refractivity contribution is 9.10. The molecule has 1 saturated heterocycles. The van der Waals surface area contributed by atoms with Crippen LogP contribution in [0.15, 0.2) is 16.7 Å². The third-order valence-corrected chi connectivity index (χ3v) is 4.58. The van der Waals surface area contributed by atoms with Crippen LogP contribution in [0.25, 0.3) is 0 Å². The number of aromatic nitrogens is 1. The van der Waals surface area contributed by atoms with Gasteiger partial charge in [0.25, 0.3) is 0 Å². The molecule has 0 aromatic carbocycles. The molecule has 2 fully saturated rings. The normalized spacial score (nSPS) is 28.0. The van der Waals surface area contributed by atoms with Gasteiger partial charge >= 0.3 is 0 Å². The molecular formula is C13H16BrClN2O. The summed E-state index contributed by atoms with van der Waals surface area (Å²) in [7, 11) is 0. The lowest BCUT2D eigenvalue weighted by atomic mass is 9.90. The lowest BCUT2D eigenvalue weighted by molar-refractivity contribution is -0.00904. The molecular weight excluding hydrogens is 316 g/mol. The minimum atomic E-state index is 0.372.